The summed E-state index contributed by atoms with van der Waals surface area (Å²) in [7, 11) is 0. The Labute approximate surface area is 75.2 Å². The van der Waals surface area contributed by atoms with E-state index in [9.17, 15) is 9.59 Å². The average Bonchev–Trinajstić information content (AvgIpc) is 2.04. The van der Waals surface area contributed by atoms with Gasteiger partial charge in [0.1, 0.15) is 12.7 Å². The van der Waals surface area contributed by atoms with E-state index in [2.05, 4.69) is 9.99 Å². The lowest BCUT2D eigenvalue weighted by atomic mass is 10.4. The molecular formula is C7H9N3O3. The molecule has 0 radical (unpaired) electrons. The molecule has 0 aliphatic carbocycles. The van der Waals surface area contributed by atoms with Crippen molar-refractivity contribution in [3.05, 3.63) is 0 Å². The molecule has 0 aromatic carbocycles. The number of nitrogens with zero attached hydrogens (tertiary/aromatic N) is 2. The fraction of sp³-hybridized carbons (Fsp3) is 0.429. The molecule has 0 saturated carbocycles. The molecule has 70 valence electrons. The van der Waals surface area contributed by atoms with Gasteiger partial charge in [-0.1, -0.05) is 5.16 Å². The molecule has 13 heavy (non-hydrogen) atoms. The Morgan fingerprint density at radius 3 is 2.62 bits per heavy atom. The predicted molar refractivity (Wildman–Crippen MR) is 43.5 cm³/mol. The number of nitrogens with one attached hydrogen (secondary N) is 1. The fourth-order valence-corrected chi connectivity index (χ4v) is 0.461. The van der Waals surface area contributed by atoms with Crippen molar-refractivity contribution >= 4 is 17.5 Å². The van der Waals surface area contributed by atoms with E-state index in [1.165, 1.54) is 6.07 Å². The minimum Gasteiger partial charge on any atom is -0.395 e. The van der Waals surface area contributed by atoms with E-state index >= 15 is 0 Å². The topological polar surface area (TPSA) is 91.5 Å². The van der Waals surface area contributed by atoms with Crippen molar-refractivity contribution in [1.82, 2.24) is 5.32 Å². The second kappa shape index (κ2) is 5.71. The molecule has 0 aromatic heterocycles. The highest BCUT2D eigenvalue weighted by molar-refractivity contribution is 6.46. The predicted octanol–water partition coefficient (Wildman–Crippen LogP) is -0.435. The van der Waals surface area contributed by atoms with E-state index < -0.39 is 17.5 Å². The smallest absolute Gasteiger partial charge is 0.290 e. The van der Waals surface area contributed by atoms with Crippen molar-refractivity contribution in [2.45, 2.75) is 13.8 Å². The lowest BCUT2D eigenvalue weighted by molar-refractivity contribution is -0.125. The van der Waals surface area contributed by atoms with Gasteiger partial charge in [0.15, 0.2) is 0 Å². The van der Waals surface area contributed by atoms with Crippen LogP contribution in [0.25, 0.3) is 0 Å². The number of hydrogen-bond donors (Lipinski definition) is 1. The summed E-state index contributed by atoms with van der Waals surface area (Å²) in [5.74, 6) is -1.41. The van der Waals surface area contributed by atoms with Crippen molar-refractivity contribution < 1.29 is 14.4 Å². The van der Waals surface area contributed by atoms with Crippen LogP contribution in [0.5, 0.6) is 0 Å². The maximum atomic E-state index is 10.9. The number of oxime groups is 1. The largest absolute Gasteiger partial charge is 0.395 e. The van der Waals surface area contributed by atoms with Gasteiger partial charge < -0.3 is 4.84 Å². The van der Waals surface area contributed by atoms with Gasteiger partial charge in [0.05, 0.1) is 0 Å². The van der Waals surface area contributed by atoms with Crippen molar-refractivity contribution in [3.63, 3.8) is 0 Å². The molecule has 0 heterocycles. The number of carbonyl (C=O) groups excluding carboxylic acids is 2. The van der Waals surface area contributed by atoms with Gasteiger partial charge in [0, 0.05) is 6.92 Å². The third-order valence-electron chi connectivity index (χ3n) is 0.895. The lowest BCUT2D eigenvalue weighted by Crippen LogP contribution is -2.33. The lowest BCUT2D eigenvalue weighted by Gasteiger charge is -1.97. The molecule has 0 rings (SSSR count). The maximum Gasteiger partial charge on any atom is 0.290 e. The molecule has 0 aliphatic heterocycles. The summed E-state index contributed by atoms with van der Waals surface area (Å²) in [6.45, 7) is 3.06. The van der Waals surface area contributed by atoms with Gasteiger partial charge in [-0.2, -0.15) is 5.26 Å². The maximum absolute atomic E-state index is 10.9. The van der Waals surface area contributed by atoms with Gasteiger partial charge in [-0.3, -0.25) is 14.9 Å². The second-order valence-electron chi connectivity index (χ2n) is 1.98. The van der Waals surface area contributed by atoms with E-state index in [0.717, 1.165) is 6.92 Å². The summed E-state index contributed by atoms with van der Waals surface area (Å²) in [5, 5.41) is 13.5. The number of carbonyl (C=O) groups is 2. The Hall–Kier alpha value is -1.90. The molecule has 6 nitrogen and oxygen atoms in total. The number of amides is 2. The Kier molecular flexibility index (Phi) is 4.88. The van der Waals surface area contributed by atoms with Gasteiger partial charge in [-0.05, 0) is 6.92 Å². The Morgan fingerprint density at radius 2 is 2.23 bits per heavy atom. The molecule has 0 unspecified atom stereocenters. The monoisotopic (exact) mass is 183 g/mol. The molecular weight excluding hydrogens is 174 g/mol. The second-order valence-corrected chi connectivity index (χ2v) is 1.98. The van der Waals surface area contributed by atoms with E-state index in [-0.39, 0.29) is 6.61 Å². The van der Waals surface area contributed by atoms with Gasteiger partial charge in [0.2, 0.25) is 11.6 Å². The zero-order chi connectivity index (χ0) is 10.3. The van der Waals surface area contributed by atoms with Crippen LogP contribution in [0, 0.1) is 11.3 Å². The first-order valence-corrected chi connectivity index (χ1v) is 3.53. The van der Waals surface area contributed by atoms with Crippen LogP contribution in [-0.2, 0) is 14.4 Å². The van der Waals surface area contributed by atoms with Gasteiger partial charge in [0.25, 0.3) is 5.91 Å². The van der Waals surface area contributed by atoms with Crippen LogP contribution in [0.15, 0.2) is 5.16 Å². The van der Waals surface area contributed by atoms with Crippen LogP contribution >= 0.6 is 0 Å². The highest BCUT2D eigenvalue weighted by Crippen LogP contribution is 1.81. The SMILES string of the molecule is CCO/N=C(/C#N)C(=O)NC(C)=O. The first-order chi connectivity index (χ1) is 6.11. The van der Waals surface area contributed by atoms with Gasteiger partial charge in [-0.25, -0.2) is 0 Å². The molecule has 1 N–H and O–H groups in total. The molecule has 0 spiro atoms. The third-order valence-corrected chi connectivity index (χ3v) is 0.895. The van der Waals surface area contributed by atoms with Crippen molar-refractivity contribution in [1.29, 1.82) is 5.26 Å². The highest BCUT2D eigenvalue weighted by atomic mass is 16.6. The molecule has 0 bridgehead atoms. The van der Waals surface area contributed by atoms with Gasteiger partial charge in [-0.15, -0.1) is 0 Å². The van der Waals surface area contributed by atoms with Crippen LogP contribution in [0.2, 0.25) is 0 Å². The molecule has 6 heteroatoms. The summed E-state index contributed by atoms with van der Waals surface area (Å²) in [4.78, 5) is 25.8. The Bertz CT molecular complexity index is 277. The molecule has 0 fully saturated rings. The number of imide groups is 1. The van der Waals surface area contributed by atoms with Crippen LogP contribution in [-0.4, -0.2) is 24.1 Å². The Morgan fingerprint density at radius 1 is 1.62 bits per heavy atom. The minimum absolute atomic E-state index is 0.249. The first-order valence-electron chi connectivity index (χ1n) is 3.53. The van der Waals surface area contributed by atoms with E-state index in [1.54, 1.807) is 6.92 Å². The van der Waals surface area contributed by atoms with Crippen LogP contribution in [0.3, 0.4) is 0 Å². The van der Waals surface area contributed by atoms with Crippen LogP contribution in [0.1, 0.15) is 13.8 Å². The molecule has 2 amide bonds. The summed E-state index contributed by atoms with van der Waals surface area (Å²) < 4.78 is 0. The Balaban J connectivity index is 4.34. The van der Waals surface area contributed by atoms with Crippen LogP contribution in [0.4, 0.5) is 0 Å². The zero-order valence-corrected chi connectivity index (χ0v) is 7.33. The third kappa shape index (κ3) is 4.53. The fourth-order valence-electron chi connectivity index (χ4n) is 0.461. The average molecular weight is 183 g/mol. The first kappa shape index (κ1) is 11.1. The van der Waals surface area contributed by atoms with E-state index in [0.29, 0.717) is 0 Å². The minimum atomic E-state index is -0.858. The number of hydrogen-bond acceptors (Lipinski definition) is 5. The molecule has 0 atom stereocenters. The summed E-state index contributed by atoms with van der Waals surface area (Å²) >= 11 is 0. The standard InChI is InChI=1S/C7H9N3O3/c1-3-13-10-6(4-8)7(12)9-5(2)11/h3H2,1-2H3,(H,9,11,12)/b10-6-. The molecule has 0 aromatic rings. The van der Waals surface area contributed by atoms with E-state index in [1.807, 2.05) is 5.32 Å². The summed E-state index contributed by atoms with van der Waals surface area (Å²) in [6.07, 6.45) is 0. The van der Waals surface area contributed by atoms with Crippen molar-refractivity contribution in [2.24, 2.45) is 5.16 Å². The van der Waals surface area contributed by atoms with Crippen molar-refractivity contribution in [2.75, 3.05) is 6.61 Å². The summed E-state index contributed by atoms with van der Waals surface area (Å²) in [6, 6.07) is 1.50. The molecule has 0 aliphatic rings. The normalized spacial score (nSPS) is 10.1. The van der Waals surface area contributed by atoms with Crippen LogP contribution < -0.4 is 5.32 Å². The molecule has 0 saturated heterocycles. The summed E-state index contributed by atoms with van der Waals surface area (Å²) in [5.41, 5.74) is -0.475. The van der Waals surface area contributed by atoms with E-state index in [4.69, 9.17) is 5.26 Å². The zero-order valence-electron chi connectivity index (χ0n) is 7.33. The quantitative estimate of drug-likeness (QED) is 0.474. The van der Waals surface area contributed by atoms with Gasteiger partial charge >= 0.3 is 0 Å². The van der Waals surface area contributed by atoms with Crippen molar-refractivity contribution in [3.8, 4) is 6.07 Å². The number of nitriles is 1. The highest BCUT2D eigenvalue weighted by Gasteiger charge is 2.12. The number of rotatable bonds is 3.